The number of hydrogen-bond acceptors (Lipinski definition) is 3. The van der Waals surface area contributed by atoms with Crippen LogP contribution in [0.15, 0.2) is 48.5 Å². The van der Waals surface area contributed by atoms with Gasteiger partial charge in [-0.3, -0.25) is 4.79 Å². The van der Waals surface area contributed by atoms with Gasteiger partial charge in [0.15, 0.2) is 0 Å². The molecule has 26 heavy (non-hydrogen) atoms. The Morgan fingerprint density at radius 3 is 2.23 bits per heavy atom. The first-order chi connectivity index (χ1) is 12.4. The third-order valence-corrected chi connectivity index (χ3v) is 3.32. The van der Waals surface area contributed by atoms with E-state index in [4.69, 9.17) is 6.42 Å². The molecule has 0 saturated carbocycles. The van der Waals surface area contributed by atoms with Crippen LogP contribution in [0.2, 0.25) is 0 Å². The predicted octanol–water partition coefficient (Wildman–Crippen LogP) is 4.55. The zero-order valence-electron chi connectivity index (χ0n) is 13.8. The van der Waals surface area contributed by atoms with Gasteiger partial charge in [-0.1, -0.05) is 12.1 Å². The second kappa shape index (κ2) is 8.81. The van der Waals surface area contributed by atoms with Crippen LogP contribution in [0.25, 0.3) is 0 Å². The number of terminal acetylenes is 1. The van der Waals surface area contributed by atoms with Crippen molar-refractivity contribution in [3.8, 4) is 18.1 Å². The van der Waals surface area contributed by atoms with E-state index in [0.29, 0.717) is 18.7 Å². The molecule has 0 aromatic heterocycles. The normalized spacial score (nSPS) is 10.7. The highest BCUT2D eigenvalue weighted by Gasteiger charge is 2.30. The Morgan fingerprint density at radius 1 is 1.04 bits per heavy atom. The predicted molar refractivity (Wildman–Crippen MR) is 93.6 cm³/mol. The summed E-state index contributed by atoms with van der Waals surface area (Å²) in [6.45, 7) is 0.431. The molecule has 0 aliphatic carbocycles. The van der Waals surface area contributed by atoms with Crippen LogP contribution in [0.1, 0.15) is 18.4 Å². The second-order valence-corrected chi connectivity index (χ2v) is 5.37. The molecular weight excluding hydrogens is 345 g/mol. The molecule has 0 unspecified atom stereocenters. The summed E-state index contributed by atoms with van der Waals surface area (Å²) < 4.78 is 40.2. The largest absolute Gasteiger partial charge is 0.573 e. The number of carbonyl (C=O) groups is 1. The monoisotopic (exact) mass is 362 g/mol. The van der Waals surface area contributed by atoms with Gasteiger partial charge in [0.1, 0.15) is 5.75 Å². The Morgan fingerprint density at radius 2 is 1.65 bits per heavy atom. The summed E-state index contributed by atoms with van der Waals surface area (Å²) in [5.41, 5.74) is 2.26. The Balaban J connectivity index is 1.84. The van der Waals surface area contributed by atoms with Crippen LogP contribution in [0.4, 0.5) is 24.5 Å². The average molecular weight is 362 g/mol. The summed E-state index contributed by atoms with van der Waals surface area (Å²) in [4.78, 5) is 11.6. The molecule has 0 saturated heterocycles. The minimum absolute atomic E-state index is 0.148. The molecular formula is C19H17F3N2O2. The van der Waals surface area contributed by atoms with Crippen LogP contribution in [0.5, 0.6) is 5.75 Å². The molecule has 136 valence electrons. The molecule has 0 radical (unpaired) electrons. The van der Waals surface area contributed by atoms with Crippen LogP contribution >= 0.6 is 0 Å². The molecule has 0 aliphatic rings. The highest BCUT2D eigenvalue weighted by Crippen LogP contribution is 2.23. The van der Waals surface area contributed by atoms with Gasteiger partial charge in [-0.25, -0.2) is 0 Å². The smallest absolute Gasteiger partial charge is 0.406 e. The van der Waals surface area contributed by atoms with Crippen molar-refractivity contribution in [2.24, 2.45) is 0 Å². The van der Waals surface area contributed by atoms with Crippen molar-refractivity contribution < 1.29 is 22.7 Å². The lowest BCUT2D eigenvalue weighted by atomic mass is 10.2. The van der Waals surface area contributed by atoms with E-state index < -0.39 is 6.36 Å². The lowest BCUT2D eigenvalue weighted by molar-refractivity contribution is -0.274. The standard InChI is InChI=1S/C19H17F3N2O2/c1-2-3-4-18(25)24-16-9-7-15(8-10-16)23-13-14-5-11-17(12-6-14)26-19(20,21)22/h1,5-12,23H,3-4,13H2,(H,24,25). The van der Waals surface area contributed by atoms with Gasteiger partial charge in [0.2, 0.25) is 5.91 Å². The third kappa shape index (κ3) is 6.77. The fourth-order valence-corrected chi connectivity index (χ4v) is 2.09. The number of nitrogens with one attached hydrogen (secondary N) is 2. The fourth-order valence-electron chi connectivity index (χ4n) is 2.09. The van der Waals surface area contributed by atoms with Gasteiger partial charge in [0, 0.05) is 30.8 Å². The van der Waals surface area contributed by atoms with E-state index >= 15 is 0 Å². The summed E-state index contributed by atoms with van der Waals surface area (Å²) in [5.74, 6) is 2.00. The van der Waals surface area contributed by atoms with Crippen LogP contribution in [0, 0.1) is 12.3 Å². The number of halogens is 3. The van der Waals surface area contributed by atoms with Crippen molar-refractivity contribution in [2.75, 3.05) is 10.6 Å². The van der Waals surface area contributed by atoms with Crippen LogP contribution in [-0.2, 0) is 11.3 Å². The van der Waals surface area contributed by atoms with Crippen molar-refractivity contribution in [3.05, 3.63) is 54.1 Å². The summed E-state index contributed by atoms with van der Waals surface area (Å²) >= 11 is 0. The van der Waals surface area contributed by atoms with Crippen molar-refractivity contribution in [2.45, 2.75) is 25.7 Å². The summed E-state index contributed by atoms with van der Waals surface area (Å²) in [7, 11) is 0. The van der Waals surface area contributed by atoms with E-state index in [1.54, 1.807) is 36.4 Å². The first-order valence-corrected chi connectivity index (χ1v) is 7.77. The van der Waals surface area contributed by atoms with Gasteiger partial charge in [-0.15, -0.1) is 25.5 Å². The number of rotatable bonds is 7. The Labute approximate surface area is 149 Å². The van der Waals surface area contributed by atoms with E-state index in [0.717, 1.165) is 11.3 Å². The maximum absolute atomic E-state index is 12.1. The topological polar surface area (TPSA) is 50.4 Å². The number of benzene rings is 2. The van der Waals surface area contributed by atoms with E-state index in [2.05, 4.69) is 21.3 Å². The molecule has 0 spiro atoms. The number of ether oxygens (including phenoxy) is 1. The number of alkyl halides is 3. The zero-order chi connectivity index (χ0) is 19.0. The van der Waals surface area contributed by atoms with Gasteiger partial charge in [-0.2, -0.15) is 0 Å². The van der Waals surface area contributed by atoms with Gasteiger partial charge < -0.3 is 15.4 Å². The second-order valence-electron chi connectivity index (χ2n) is 5.37. The van der Waals surface area contributed by atoms with Crippen LogP contribution in [-0.4, -0.2) is 12.3 Å². The molecule has 1 amide bonds. The molecule has 0 atom stereocenters. The van der Waals surface area contributed by atoms with Gasteiger partial charge in [0.25, 0.3) is 0 Å². The lowest BCUT2D eigenvalue weighted by Crippen LogP contribution is -2.17. The summed E-state index contributed by atoms with van der Waals surface area (Å²) in [6.07, 6.45) is 1.07. The highest BCUT2D eigenvalue weighted by atomic mass is 19.4. The number of hydrogen-bond donors (Lipinski definition) is 2. The maximum Gasteiger partial charge on any atom is 0.573 e. The van der Waals surface area contributed by atoms with Crippen molar-refractivity contribution >= 4 is 17.3 Å². The first kappa shape index (κ1) is 19.2. The molecule has 2 aromatic carbocycles. The van der Waals surface area contributed by atoms with E-state index in [9.17, 15) is 18.0 Å². The van der Waals surface area contributed by atoms with Crippen LogP contribution in [0.3, 0.4) is 0 Å². The molecule has 7 heteroatoms. The molecule has 2 aromatic rings. The Bertz CT molecular complexity index is 763. The number of carbonyl (C=O) groups excluding carboxylic acids is 1. The number of anilines is 2. The maximum atomic E-state index is 12.1. The molecule has 0 aliphatic heterocycles. The van der Waals surface area contributed by atoms with E-state index in [1.165, 1.54) is 12.1 Å². The molecule has 4 nitrogen and oxygen atoms in total. The van der Waals surface area contributed by atoms with Gasteiger partial charge in [0.05, 0.1) is 0 Å². The van der Waals surface area contributed by atoms with E-state index in [-0.39, 0.29) is 18.1 Å². The molecule has 2 rings (SSSR count). The van der Waals surface area contributed by atoms with Gasteiger partial charge >= 0.3 is 6.36 Å². The minimum atomic E-state index is -4.70. The molecule has 0 fully saturated rings. The third-order valence-electron chi connectivity index (χ3n) is 3.32. The molecule has 0 heterocycles. The SMILES string of the molecule is C#CCCC(=O)Nc1ccc(NCc2ccc(OC(F)(F)F)cc2)cc1. The first-order valence-electron chi connectivity index (χ1n) is 7.77. The van der Waals surface area contributed by atoms with Crippen molar-refractivity contribution in [1.29, 1.82) is 0 Å². The average Bonchev–Trinajstić information content (AvgIpc) is 2.59. The lowest BCUT2D eigenvalue weighted by Gasteiger charge is -2.11. The summed E-state index contributed by atoms with van der Waals surface area (Å²) in [5, 5.41) is 5.88. The Hall–Kier alpha value is -3.14. The molecule has 0 bridgehead atoms. The van der Waals surface area contributed by atoms with Crippen LogP contribution < -0.4 is 15.4 Å². The Kier molecular flexibility index (Phi) is 6.50. The zero-order valence-corrected chi connectivity index (χ0v) is 13.8. The fraction of sp³-hybridized carbons (Fsp3) is 0.211. The highest BCUT2D eigenvalue weighted by molar-refractivity contribution is 5.91. The van der Waals surface area contributed by atoms with Crippen molar-refractivity contribution in [3.63, 3.8) is 0 Å². The van der Waals surface area contributed by atoms with Gasteiger partial charge in [-0.05, 0) is 42.0 Å². The van der Waals surface area contributed by atoms with E-state index in [1.807, 2.05) is 0 Å². The quantitative estimate of drug-likeness (QED) is 0.711. The summed E-state index contributed by atoms with van der Waals surface area (Å²) in [6, 6.07) is 12.7. The molecule has 2 N–H and O–H groups in total. The number of amides is 1. The minimum Gasteiger partial charge on any atom is -0.406 e. The van der Waals surface area contributed by atoms with Crippen molar-refractivity contribution in [1.82, 2.24) is 0 Å².